The summed E-state index contributed by atoms with van der Waals surface area (Å²) in [6, 6.07) is 15.2. The smallest absolute Gasteiger partial charge is 0.312 e. The first-order chi connectivity index (χ1) is 12.6. The highest BCUT2D eigenvalue weighted by atomic mass is 32.2. The molecule has 1 fully saturated rings. The molecule has 4 nitrogen and oxygen atoms in total. The molecule has 2 aliphatic heterocycles. The molecule has 0 saturated carbocycles. The minimum absolute atomic E-state index is 0.137. The number of nitrogens with zero attached hydrogens (tertiary/aromatic N) is 2. The number of aryl methyl sites for hydroxylation is 2. The van der Waals surface area contributed by atoms with E-state index in [4.69, 9.17) is 0 Å². The number of thioether (sulfide) groups is 1. The van der Waals surface area contributed by atoms with Gasteiger partial charge in [-0.2, -0.15) is 0 Å². The number of carbonyl (C=O) groups is 2. The molecule has 0 N–H and O–H groups in total. The second-order valence-electron chi connectivity index (χ2n) is 6.73. The highest BCUT2D eigenvalue weighted by molar-refractivity contribution is 8.03. The number of amides is 3. The van der Waals surface area contributed by atoms with Crippen LogP contribution in [-0.2, 0) is 11.3 Å². The van der Waals surface area contributed by atoms with Gasteiger partial charge in [-0.05, 0) is 48.1 Å². The summed E-state index contributed by atoms with van der Waals surface area (Å²) in [5, 5.41) is 1.66. The number of hydrogen-bond acceptors (Lipinski definition) is 3. The van der Waals surface area contributed by atoms with Gasteiger partial charge in [-0.15, -0.1) is 11.8 Å². The van der Waals surface area contributed by atoms with E-state index in [0.717, 1.165) is 16.7 Å². The fourth-order valence-electron chi connectivity index (χ4n) is 3.49. The van der Waals surface area contributed by atoms with Crippen LogP contribution in [-0.4, -0.2) is 28.1 Å². The monoisotopic (exact) mass is 364 g/mol. The van der Waals surface area contributed by atoms with Crippen LogP contribution < -0.4 is 4.90 Å². The first-order valence-corrected chi connectivity index (χ1v) is 9.58. The summed E-state index contributed by atoms with van der Waals surface area (Å²) >= 11 is 1.49. The van der Waals surface area contributed by atoms with E-state index in [1.165, 1.54) is 16.7 Å². The molecule has 2 heterocycles. The Bertz CT molecular complexity index is 908. The van der Waals surface area contributed by atoms with Gasteiger partial charge in [0, 0.05) is 6.54 Å². The van der Waals surface area contributed by atoms with Crippen LogP contribution in [0.3, 0.4) is 0 Å². The Morgan fingerprint density at radius 2 is 1.85 bits per heavy atom. The number of carbonyl (C=O) groups excluding carboxylic acids is 2. The summed E-state index contributed by atoms with van der Waals surface area (Å²) in [6.07, 6.45) is 1.97. The standard InChI is InChI=1S/C21H20N2O2S/c1-14-6-5-9-17(12-14)23-20(24)19-18(10-11-26-19)22(21(23)25)13-16-8-4-3-7-15(16)2/h3-12,18-19H,13H2,1-2H3. The van der Waals surface area contributed by atoms with Crippen LogP contribution in [0.2, 0.25) is 0 Å². The van der Waals surface area contributed by atoms with E-state index in [-0.39, 0.29) is 23.2 Å². The number of fused-ring (bicyclic) bond motifs is 1. The van der Waals surface area contributed by atoms with Crippen molar-refractivity contribution >= 4 is 29.4 Å². The maximum atomic E-state index is 13.3. The fraction of sp³-hybridized carbons (Fsp3) is 0.238. The molecular formula is C21H20N2O2S. The molecule has 0 bridgehead atoms. The number of rotatable bonds is 3. The van der Waals surface area contributed by atoms with Gasteiger partial charge in [0.15, 0.2) is 0 Å². The first kappa shape index (κ1) is 16.9. The van der Waals surface area contributed by atoms with Gasteiger partial charge in [0.05, 0.1) is 11.7 Å². The molecule has 2 aliphatic rings. The van der Waals surface area contributed by atoms with Crippen LogP contribution in [0.25, 0.3) is 0 Å². The van der Waals surface area contributed by atoms with Gasteiger partial charge in [-0.25, -0.2) is 9.69 Å². The average molecular weight is 364 g/mol. The molecule has 2 aromatic carbocycles. The molecule has 0 spiro atoms. The van der Waals surface area contributed by atoms with Gasteiger partial charge in [0.2, 0.25) is 0 Å². The quantitative estimate of drug-likeness (QED) is 0.817. The van der Waals surface area contributed by atoms with Crippen LogP contribution in [0.1, 0.15) is 16.7 Å². The molecule has 1 saturated heterocycles. The molecular weight excluding hydrogens is 344 g/mol. The topological polar surface area (TPSA) is 40.6 Å². The van der Waals surface area contributed by atoms with Crippen molar-refractivity contribution in [1.82, 2.24) is 4.90 Å². The fourth-order valence-corrected chi connectivity index (χ4v) is 4.53. The van der Waals surface area contributed by atoms with E-state index in [9.17, 15) is 9.59 Å². The van der Waals surface area contributed by atoms with Gasteiger partial charge in [-0.1, -0.05) is 42.5 Å². The zero-order valence-electron chi connectivity index (χ0n) is 14.8. The highest BCUT2D eigenvalue weighted by Gasteiger charge is 2.47. The molecule has 0 aromatic heterocycles. The van der Waals surface area contributed by atoms with Crippen molar-refractivity contribution in [1.29, 1.82) is 0 Å². The van der Waals surface area contributed by atoms with Crippen LogP contribution in [0, 0.1) is 13.8 Å². The third kappa shape index (κ3) is 2.82. The minimum Gasteiger partial charge on any atom is -0.312 e. The molecule has 26 heavy (non-hydrogen) atoms. The summed E-state index contributed by atoms with van der Waals surface area (Å²) in [7, 11) is 0. The predicted octanol–water partition coefficient (Wildman–Crippen LogP) is 4.27. The molecule has 2 unspecified atom stereocenters. The third-order valence-corrected chi connectivity index (χ3v) is 6.02. The lowest BCUT2D eigenvalue weighted by Gasteiger charge is -2.41. The van der Waals surface area contributed by atoms with Gasteiger partial charge < -0.3 is 4.90 Å². The molecule has 0 aliphatic carbocycles. The molecule has 132 valence electrons. The average Bonchev–Trinajstić information content (AvgIpc) is 3.10. The van der Waals surface area contributed by atoms with Crippen molar-refractivity contribution < 1.29 is 9.59 Å². The summed E-state index contributed by atoms with van der Waals surface area (Å²) in [6.45, 7) is 4.50. The number of benzene rings is 2. The minimum atomic E-state index is -0.280. The predicted molar refractivity (Wildman–Crippen MR) is 105 cm³/mol. The second kappa shape index (κ2) is 6.65. The summed E-state index contributed by atoms with van der Waals surface area (Å²) in [4.78, 5) is 29.5. The number of hydrogen-bond donors (Lipinski definition) is 0. The largest absolute Gasteiger partial charge is 0.332 e. The summed E-state index contributed by atoms with van der Waals surface area (Å²) < 4.78 is 0. The highest BCUT2D eigenvalue weighted by Crippen LogP contribution is 2.37. The Morgan fingerprint density at radius 1 is 1.04 bits per heavy atom. The van der Waals surface area contributed by atoms with Crippen molar-refractivity contribution in [2.75, 3.05) is 4.90 Å². The number of imide groups is 1. The first-order valence-electron chi connectivity index (χ1n) is 8.64. The van der Waals surface area contributed by atoms with Crippen molar-refractivity contribution in [2.45, 2.75) is 31.7 Å². The molecule has 2 aromatic rings. The zero-order chi connectivity index (χ0) is 18.3. The Balaban J connectivity index is 1.73. The molecule has 5 heteroatoms. The van der Waals surface area contributed by atoms with Crippen molar-refractivity contribution in [3.63, 3.8) is 0 Å². The Kier molecular flexibility index (Phi) is 4.32. The third-order valence-electron chi connectivity index (χ3n) is 4.93. The van der Waals surface area contributed by atoms with Gasteiger partial charge >= 0.3 is 6.03 Å². The van der Waals surface area contributed by atoms with E-state index in [2.05, 4.69) is 0 Å². The van der Waals surface area contributed by atoms with Gasteiger partial charge in [0.25, 0.3) is 5.91 Å². The van der Waals surface area contributed by atoms with Crippen LogP contribution >= 0.6 is 11.8 Å². The molecule has 0 radical (unpaired) electrons. The Hall–Kier alpha value is -2.53. The number of urea groups is 1. The number of anilines is 1. The van der Waals surface area contributed by atoms with Crippen molar-refractivity contribution in [3.8, 4) is 0 Å². The maximum Gasteiger partial charge on any atom is 0.332 e. The van der Waals surface area contributed by atoms with Crippen molar-refractivity contribution in [3.05, 3.63) is 76.7 Å². The van der Waals surface area contributed by atoms with E-state index >= 15 is 0 Å². The van der Waals surface area contributed by atoms with Crippen LogP contribution in [0.15, 0.2) is 60.0 Å². The van der Waals surface area contributed by atoms with Gasteiger partial charge in [-0.3, -0.25) is 4.79 Å². The second-order valence-corrected chi connectivity index (χ2v) is 7.78. The zero-order valence-corrected chi connectivity index (χ0v) is 15.6. The van der Waals surface area contributed by atoms with Gasteiger partial charge in [0.1, 0.15) is 5.25 Å². The van der Waals surface area contributed by atoms with E-state index < -0.39 is 0 Å². The lowest BCUT2D eigenvalue weighted by Crippen LogP contribution is -2.61. The van der Waals surface area contributed by atoms with E-state index in [1.54, 1.807) is 0 Å². The summed E-state index contributed by atoms with van der Waals surface area (Å²) in [5.41, 5.74) is 3.91. The van der Waals surface area contributed by atoms with Crippen LogP contribution in [0.4, 0.5) is 10.5 Å². The normalized spacial score (nSPS) is 22.1. The summed E-state index contributed by atoms with van der Waals surface area (Å²) in [5.74, 6) is -0.137. The van der Waals surface area contributed by atoms with E-state index in [0.29, 0.717) is 12.2 Å². The Morgan fingerprint density at radius 3 is 2.62 bits per heavy atom. The van der Waals surface area contributed by atoms with Crippen molar-refractivity contribution in [2.24, 2.45) is 0 Å². The SMILES string of the molecule is Cc1cccc(N2C(=O)C3SC=CC3N(Cc3ccccc3C)C2=O)c1. The molecule has 2 atom stereocenters. The molecule has 3 amide bonds. The molecule has 4 rings (SSSR count). The lowest BCUT2D eigenvalue weighted by atomic mass is 10.0. The maximum absolute atomic E-state index is 13.3. The lowest BCUT2D eigenvalue weighted by molar-refractivity contribution is -0.119. The Labute approximate surface area is 157 Å². The van der Waals surface area contributed by atoms with Crippen LogP contribution in [0.5, 0.6) is 0 Å². The van der Waals surface area contributed by atoms with E-state index in [1.807, 2.05) is 78.8 Å².